The van der Waals surface area contributed by atoms with Crippen molar-refractivity contribution in [1.29, 1.82) is 0 Å². The highest BCUT2D eigenvalue weighted by Gasteiger charge is 2.22. The number of anilines is 2. The molecule has 0 saturated carbocycles. The second-order valence-corrected chi connectivity index (χ2v) is 16.8. The smallest absolute Gasteiger partial charge is 0.304 e. The zero-order valence-electron chi connectivity index (χ0n) is 36.3. The molecule has 342 valence electrons. The van der Waals surface area contributed by atoms with Crippen molar-refractivity contribution in [3.05, 3.63) is 160 Å². The van der Waals surface area contributed by atoms with Gasteiger partial charge in [0.1, 0.15) is 35.4 Å². The predicted octanol–water partition coefficient (Wildman–Crippen LogP) is 7.36. The summed E-state index contributed by atoms with van der Waals surface area (Å²) >= 11 is 0. The number of halogens is 1. The van der Waals surface area contributed by atoms with Gasteiger partial charge in [0.05, 0.1) is 43.2 Å². The fourth-order valence-corrected chi connectivity index (χ4v) is 8.40. The summed E-state index contributed by atoms with van der Waals surface area (Å²) in [6.07, 6.45) is 17.0. The number of pyridine rings is 2. The fourth-order valence-electron chi connectivity index (χ4n) is 8.40. The Hall–Kier alpha value is -7.17. The number of ether oxygens (including phenoxy) is 1. The average Bonchev–Trinajstić information content (AvgIpc) is 4.11. The Bertz CT molecular complexity index is 2710. The number of carboxylic acid groups (broad SMARTS) is 2. The molecule has 4 atom stereocenters. The summed E-state index contributed by atoms with van der Waals surface area (Å²) in [6, 6.07) is 19.7. The summed E-state index contributed by atoms with van der Waals surface area (Å²) in [5, 5.41) is 55.0. The first-order valence-corrected chi connectivity index (χ1v) is 22.2. The molecule has 16 heteroatoms. The summed E-state index contributed by atoms with van der Waals surface area (Å²) in [5.41, 5.74) is 7.78. The highest BCUT2D eigenvalue weighted by atomic mass is 19.1. The number of hydrogen-bond donors (Lipinski definition) is 6. The minimum Gasteiger partial charge on any atom is -0.493 e. The lowest BCUT2D eigenvalue weighted by atomic mass is 9.94. The molecule has 15 nitrogen and oxygen atoms in total. The Morgan fingerprint density at radius 2 is 1.23 bits per heavy atom. The topological polar surface area (TPSA) is 210 Å². The van der Waals surface area contributed by atoms with Crippen molar-refractivity contribution in [2.45, 2.75) is 82.1 Å². The number of hydrogen-bond acceptors (Lipinski definition) is 11. The molecule has 0 amide bonds. The van der Waals surface area contributed by atoms with Gasteiger partial charge in [-0.15, -0.1) is 0 Å². The molecule has 0 bridgehead atoms. The molecule has 0 aliphatic carbocycles. The quantitative estimate of drug-likeness (QED) is 0.0562. The Morgan fingerprint density at radius 1 is 0.697 bits per heavy atom. The number of aliphatic carboxylic acids is 2. The normalized spacial score (nSPS) is 15.8. The molecule has 7 heterocycles. The van der Waals surface area contributed by atoms with Crippen LogP contribution in [-0.2, 0) is 41.9 Å². The van der Waals surface area contributed by atoms with Crippen molar-refractivity contribution in [3.63, 3.8) is 0 Å². The number of aromatic nitrogens is 6. The Kier molecular flexibility index (Phi) is 14.6. The third-order valence-electron chi connectivity index (χ3n) is 11.9. The van der Waals surface area contributed by atoms with Crippen molar-refractivity contribution >= 4 is 35.7 Å². The average molecular weight is 897 g/mol. The van der Waals surface area contributed by atoms with Gasteiger partial charge in [-0.1, -0.05) is 48.6 Å². The van der Waals surface area contributed by atoms with Gasteiger partial charge in [0.25, 0.3) is 0 Å². The Labute approximate surface area is 381 Å². The number of carboxylic acids is 2. The monoisotopic (exact) mass is 896 g/mol. The van der Waals surface area contributed by atoms with Crippen LogP contribution in [0, 0.1) is 5.82 Å². The van der Waals surface area contributed by atoms with Gasteiger partial charge in [-0.3, -0.25) is 19.0 Å². The number of aliphatic hydroxyl groups excluding tert-OH is 2. The predicted molar refractivity (Wildman–Crippen MR) is 247 cm³/mol. The molecule has 0 saturated heterocycles. The molecule has 6 aromatic rings. The lowest BCUT2D eigenvalue weighted by Crippen LogP contribution is -2.14. The highest BCUT2D eigenvalue weighted by molar-refractivity contribution is 5.68. The summed E-state index contributed by atoms with van der Waals surface area (Å²) in [7, 11) is 0. The number of nitrogens with zero attached hydrogens (tertiary/aromatic N) is 6. The van der Waals surface area contributed by atoms with E-state index in [0.29, 0.717) is 36.6 Å². The van der Waals surface area contributed by atoms with Crippen molar-refractivity contribution in [2.75, 3.05) is 30.3 Å². The van der Waals surface area contributed by atoms with Gasteiger partial charge in [0.2, 0.25) is 0 Å². The van der Waals surface area contributed by atoms with E-state index in [1.807, 2.05) is 48.7 Å². The maximum absolute atomic E-state index is 13.6. The third kappa shape index (κ3) is 11.9. The maximum Gasteiger partial charge on any atom is 0.304 e. The molecule has 3 aliphatic rings. The molecule has 3 aliphatic heterocycles. The van der Waals surface area contributed by atoms with Gasteiger partial charge < -0.3 is 35.8 Å². The molecule has 0 fully saturated rings. The van der Waals surface area contributed by atoms with E-state index in [9.17, 15) is 34.4 Å². The van der Waals surface area contributed by atoms with Crippen LogP contribution in [0.15, 0.2) is 104 Å². The van der Waals surface area contributed by atoms with Gasteiger partial charge in [-0.25, -0.2) is 14.4 Å². The van der Waals surface area contributed by atoms with Crippen LogP contribution in [0.25, 0.3) is 12.2 Å². The van der Waals surface area contributed by atoms with E-state index in [1.54, 1.807) is 64.4 Å². The second kappa shape index (κ2) is 21.2. The first-order chi connectivity index (χ1) is 32.0. The van der Waals surface area contributed by atoms with E-state index in [2.05, 4.69) is 30.8 Å². The van der Waals surface area contributed by atoms with E-state index < -0.39 is 35.9 Å². The lowest BCUT2D eigenvalue weighted by molar-refractivity contribution is -0.138. The SMILES string of the molecule is O=C(O)CC(Cn1cc(C=CC(O)c2ccc3c(n2)NCCC3)cn1)c1ccc2c(c1)OCC2.O=C(O)CC(Cn1cc(C=CC(O)c2ccc3c(n2)NCCC3)cn1)c1cccc(F)c1. The van der Waals surface area contributed by atoms with E-state index in [4.69, 9.17) is 4.74 Å². The standard InChI is InChI=1S/C26H28N4O4.C24H25FN4O3/c31-23(22-7-6-19-2-1-10-27-26(19)29-22)8-3-17-14-28-30(15-17)16-21(13-25(32)33)20-5-4-18-9-11-34-24(18)12-20;25-20-5-1-3-18(11-20)19(12-23(31)32)15-29-14-16(13-27-29)6-9-22(30)21-8-7-17-4-2-10-26-24(17)28-21/h3-8,12,14-15,21,23,31H,1-2,9-11,13,16H2,(H,27,29)(H,32,33);1,3,5-9,11,13-14,19,22,30H,2,4,10,12,15H2,(H,26,28)(H,31,32). The number of aliphatic hydroxyl groups is 2. The van der Waals surface area contributed by atoms with E-state index in [-0.39, 0.29) is 18.8 Å². The first-order valence-electron chi connectivity index (χ1n) is 22.2. The van der Waals surface area contributed by atoms with Crippen LogP contribution in [-0.4, -0.2) is 81.6 Å². The van der Waals surface area contributed by atoms with Crippen LogP contribution >= 0.6 is 0 Å². The van der Waals surface area contributed by atoms with E-state index in [0.717, 1.165) is 90.4 Å². The van der Waals surface area contributed by atoms with Gasteiger partial charge in [0, 0.05) is 68.0 Å². The van der Waals surface area contributed by atoms with Crippen LogP contribution in [0.1, 0.15) is 100 Å². The maximum atomic E-state index is 13.6. The molecule has 66 heavy (non-hydrogen) atoms. The number of rotatable bonds is 16. The number of benzene rings is 2. The molecule has 4 aromatic heterocycles. The van der Waals surface area contributed by atoms with E-state index in [1.165, 1.54) is 17.7 Å². The van der Waals surface area contributed by atoms with Crippen LogP contribution in [0.5, 0.6) is 5.75 Å². The molecular formula is C50H53FN8O7. The molecule has 6 N–H and O–H groups in total. The number of nitrogens with one attached hydrogen (secondary N) is 2. The summed E-state index contributed by atoms with van der Waals surface area (Å²) in [4.78, 5) is 31.9. The van der Waals surface area contributed by atoms with Crippen molar-refractivity contribution in [2.24, 2.45) is 0 Å². The minimum absolute atomic E-state index is 0.000562. The Balaban J connectivity index is 0.000000180. The van der Waals surface area contributed by atoms with E-state index >= 15 is 0 Å². The van der Waals surface area contributed by atoms with Crippen LogP contribution in [0.4, 0.5) is 16.0 Å². The highest BCUT2D eigenvalue weighted by Crippen LogP contribution is 2.32. The van der Waals surface area contributed by atoms with Crippen LogP contribution < -0.4 is 15.4 Å². The van der Waals surface area contributed by atoms with Crippen LogP contribution in [0.3, 0.4) is 0 Å². The largest absolute Gasteiger partial charge is 0.493 e. The van der Waals surface area contributed by atoms with Crippen molar-refractivity contribution < 1.29 is 39.1 Å². The number of carbonyl (C=O) groups is 2. The molecule has 9 rings (SSSR count). The third-order valence-corrected chi connectivity index (χ3v) is 11.9. The summed E-state index contributed by atoms with van der Waals surface area (Å²) < 4.78 is 22.6. The van der Waals surface area contributed by atoms with Gasteiger partial charge in [-0.2, -0.15) is 10.2 Å². The van der Waals surface area contributed by atoms with Gasteiger partial charge >= 0.3 is 11.9 Å². The zero-order chi connectivity index (χ0) is 46.0. The zero-order valence-corrected chi connectivity index (χ0v) is 36.3. The second-order valence-electron chi connectivity index (χ2n) is 16.8. The molecule has 2 aromatic carbocycles. The van der Waals surface area contributed by atoms with Crippen molar-refractivity contribution in [1.82, 2.24) is 29.5 Å². The molecule has 4 unspecified atom stereocenters. The Morgan fingerprint density at radius 3 is 1.76 bits per heavy atom. The number of fused-ring (bicyclic) bond motifs is 3. The van der Waals surface area contributed by atoms with Gasteiger partial charge in [0.15, 0.2) is 0 Å². The first kappa shape index (κ1) is 45.4. The molecule has 0 radical (unpaired) electrons. The summed E-state index contributed by atoms with van der Waals surface area (Å²) in [6.45, 7) is 3.17. The minimum atomic E-state index is -0.957. The fraction of sp³-hybridized carbons (Fsp3) is 0.320. The van der Waals surface area contributed by atoms with Crippen LogP contribution in [0.2, 0.25) is 0 Å². The molecule has 0 spiro atoms. The molecular weight excluding hydrogens is 844 g/mol. The number of aryl methyl sites for hydroxylation is 2. The summed E-state index contributed by atoms with van der Waals surface area (Å²) in [5.74, 6) is -0.338. The van der Waals surface area contributed by atoms with Gasteiger partial charge in [-0.05, 0) is 96.0 Å². The lowest BCUT2D eigenvalue weighted by Gasteiger charge is -2.18. The van der Waals surface area contributed by atoms with Crippen molar-refractivity contribution in [3.8, 4) is 5.75 Å².